The second kappa shape index (κ2) is 6.06. The number of rotatable bonds is 5. The molecule has 1 aliphatic carbocycles. The number of carbonyl (C=O) groups is 1. The second-order valence-electron chi connectivity index (χ2n) is 6.58. The van der Waals surface area contributed by atoms with E-state index in [0.29, 0.717) is 6.04 Å². The van der Waals surface area contributed by atoms with Crippen molar-refractivity contribution in [3.8, 4) is 0 Å². The van der Waals surface area contributed by atoms with E-state index in [1.807, 2.05) is 26.0 Å². The van der Waals surface area contributed by atoms with Gasteiger partial charge in [-0.3, -0.25) is 9.69 Å². The summed E-state index contributed by atoms with van der Waals surface area (Å²) in [5.41, 5.74) is 2.01. The predicted molar refractivity (Wildman–Crippen MR) is 86.5 cm³/mol. The maximum absolute atomic E-state index is 11.6. The Morgan fingerprint density at radius 1 is 1.14 bits per heavy atom. The third-order valence-electron chi connectivity index (χ3n) is 4.33. The van der Waals surface area contributed by atoms with Crippen molar-refractivity contribution in [1.29, 1.82) is 0 Å². The highest BCUT2D eigenvalue weighted by Crippen LogP contribution is 2.30. The lowest BCUT2D eigenvalue weighted by Gasteiger charge is -2.17. The summed E-state index contributed by atoms with van der Waals surface area (Å²) in [7, 11) is 0. The van der Waals surface area contributed by atoms with Crippen molar-refractivity contribution in [2.75, 3.05) is 23.7 Å². The Morgan fingerprint density at radius 2 is 1.81 bits per heavy atom. The highest BCUT2D eigenvalue weighted by molar-refractivity contribution is 5.92. The first-order valence-corrected chi connectivity index (χ1v) is 8.03. The fourth-order valence-corrected chi connectivity index (χ4v) is 2.85. The van der Waals surface area contributed by atoms with Crippen LogP contribution >= 0.6 is 0 Å². The molecule has 1 heterocycles. The Hall–Kier alpha value is -1.55. The van der Waals surface area contributed by atoms with Gasteiger partial charge in [-0.2, -0.15) is 0 Å². The summed E-state index contributed by atoms with van der Waals surface area (Å²) in [5.74, 6) is 0.0706. The van der Waals surface area contributed by atoms with Crippen LogP contribution in [0, 0.1) is 5.92 Å². The van der Waals surface area contributed by atoms with Crippen molar-refractivity contribution >= 4 is 17.3 Å². The monoisotopic (exact) mass is 287 g/mol. The molecule has 1 unspecified atom stereocenters. The molecule has 0 radical (unpaired) electrons. The maximum atomic E-state index is 11.6. The van der Waals surface area contributed by atoms with E-state index >= 15 is 0 Å². The van der Waals surface area contributed by atoms with E-state index in [9.17, 15) is 4.79 Å². The summed E-state index contributed by atoms with van der Waals surface area (Å²) >= 11 is 0. The smallest absolute Gasteiger partial charge is 0.226 e. The van der Waals surface area contributed by atoms with Crippen LogP contribution in [-0.2, 0) is 4.79 Å². The van der Waals surface area contributed by atoms with Gasteiger partial charge in [0.1, 0.15) is 0 Å². The molecule has 1 saturated carbocycles. The Kier molecular flexibility index (Phi) is 4.15. The largest absolute Gasteiger partial charge is 0.381 e. The van der Waals surface area contributed by atoms with Crippen LogP contribution in [0.25, 0.3) is 0 Å². The summed E-state index contributed by atoms with van der Waals surface area (Å²) in [4.78, 5) is 14.3. The van der Waals surface area contributed by atoms with Crippen molar-refractivity contribution in [2.24, 2.45) is 5.92 Å². The first kappa shape index (κ1) is 14.4. The molecule has 0 bridgehead atoms. The standard InChI is InChI=1S/C17H25N3O/c1-12(2)17(21)19-14-5-3-13(4-6-14)18-15-9-10-20(11-15)16-7-8-16/h3-6,12,15-16,18H,7-11H2,1-2H3,(H,19,21). The molecule has 1 atom stereocenters. The van der Waals surface area contributed by atoms with Gasteiger partial charge in [0.05, 0.1) is 0 Å². The summed E-state index contributed by atoms with van der Waals surface area (Å²) < 4.78 is 0. The first-order valence-electron chi connectivity index (χ1n) is 8.03. The number of hydrogen-bond donors (Lipinski definition) is 2. The molecule has 0 aromatic heterocycles. The van der Waals surface area contributed by atoms with Gasteiger partial charge in [-0.05, 0) is 43.5 Å². The maximum Gasteiger partial charge on any atom is 0.226 e. The van der Waals surface area contributed by atoms with Gasteiger partial charge >= 0.3 is 0 Å². The Labute approximate surface area is 126 Å². The quantitative estimate of drug-likeness (QED) is 0.875. The Bertz CT molecular complexity index is 493. The molecule has 114 valence electrons. The van der Waals surface area contributed by atoms with E-state index in [-0.39, 0.29) is 11.8 Å². The molecular weight excluding hydrogens is 262 g/mol. The van der Waals surface area contributed by atoms with Crippen LogP contribution < -0.4 is 10.6 Å². The van der Waals surface area contributed by atoms with E-state index < -0.39 is 0 Å². The van der Waals surface area contributed by atoms with Crippen LogP contribution in [0.1, 0.15) is 33.1 Å². The minimum atomic E-state index is 0.00898. The predicted octanol–water partition coefficient (Wildman–Crippen LogP) is 2.93. The molecule has 2 aliphatic rings. The Morgan fingerprint density at radius 3 is 2.43 bits per heavy atom. The lowest BCUT2D eigenvalue weighted by Crippen LogP contribution is -2.27. The van der Waals surface area contributed by atoms with Crippen LogP contribution in [0.2, 0.25) is 0 Å². The fourth-order valence-electron chi connectivity index (χ4n) is 2.85. The summed E-state index contributed by atoms with van der Waals surface area (Å²) in [6, 6.07) is 9.46. The van der Waals surface area contributed by atoms with Crippen molar-refractivity contribution in [3.05, 3.63) is 24.3 Å². The van der Waals surface area contributed by atoms with Gasteiger partial charge in [0, 0.05) is 42.5 Å². The van der Waals surface area contributed by atoms with E-state index in [0.717, 1.165) is 24.0 Å². The van der Waals surface area contributed by atoms with Crippen LogP contribution in [0.15, 0.2) is 24.3 Å². The molecule has 21 heavy (non-hydrogen) atoms. The number of amides is 1. The van der Waals surface area contributed by atoms with Crippen molar-refractivity contribution < 1.29 is 4.79 Å². The molecule has 2 fully saturated rings. The number of nitrogens with zero attached hydrogens (tertiary/aromatic N) is 1. The third-order valence-corrected chi connectivity index (χ3v) is 4.33. The Balaban J connectivity index is 1.51. The SMILES string of the molecule is CC(C)C(=O)Nc1ccc(NC2CCN(C3CC3)C2)cc1. The van der Waals surface area contributed by atoms with E-state index in [2.05, 4.69) is 27.7 Å². The van der Waals surface area contributed by atoms with E-state index in [1.54, 1.807) is 0 Å². The number of hydrogen-bond acceptors (Lipinski definition) is 3. The summed E-state index contributed by atoms with van der Waals surface area (Å²) in [5, 5.41) is 6.52. The summed E-state index contributed by atoms with van der Waals surface area (Å²) in [6.07, 6.45) is 4.00. The second-order valence-corrected chi connectivity index (χ2v) is 6.58. The van der Waals surface area contributed by atoms with Gasteiger partial charge in [-0.15, -0.1) is 0 Å². The molecule has 1 aromatic carbocycles. The zero-order chi connectivity index (χ0) is 14.8. The van der Waals surface area contributed by atoms with Gasteiger partial charge in [0.25, 0.3) is 0 Å². The lowest BCUT2D eigenvalue weighted by atomic mass is 10.2. The van der Waals surface area contributed by atoms with Crippen molar-refractivity contribution in [3.63, 3.8) is 0 Å². The number of nitrogens with one attached hydrogen (secondary N) is 2. The molecule has 1 saturated heterocycles. The fraction of sp³-hybridized carbons (Fsp3) is 0.588. The van der Waals surface area contributed by atoms with Crippen molar-refractivity contribution in [1.82, 2.24) is 4.90 Å². The van der Waals surface area contributed by atoms with Crippen LogP contribution in [0.3, 0.4) is 0 Å². The van der Waals surface area contributed by atoms with Gasteiger partial charge < -0.3 is 10.6 Å². The zero-order valence-electron chi connectivity index (χ0n) is 12.9. The number of anilines is 2. The minimum absolute atomic E-state index is 0.00898. The number of benzene rings is 1. The van der Waals surface area contributed by atoms with Gasteiger partial charge in [-0.1, -0.05) is 13.8 Å². The van der Waals surface area contributed by atoms with Gasteiger partial charge in [-0.25, -0.2) is 0 Å². The molecular formula is C17H25N3O. The lowest BCUT2D eigenvalue weighted by molar-refractivity contribution is -0.118. The molecule has 1 aliphatic heterocycles. The van der Waals surface area contributed by atoms with E-state index in [1.165, 1.54) is 25.8 Å². The van der Waals surface area contributed by atoms with Gasteiger partial charge in [0.2, 0.25) is 5.91 Å². The average molecular weight is 287 g/mol. The average Bonchev–Trinajstić information content (AvgIpc) is 3.21. The normalized spacial score (nSPS) is 22.5. The first-order chi connectivity index (χ1) is 10.1. The summed E-state index contributed by atoms with van der Waals surface area (Å²) in [6.45, 7) is 6.19. The molecule has 4 heteroatoms. The highest BCUT2D eigenvalue weighted by atomic mass is 16.1. The molecule has 1 amide bonds. The molecule has 2 N–H and O–H groups in total. The van der Waals surface area contributed by atoms with Crippen molar-refractivity contribution in [2.45, 2.75) is 45.2 Å². The topological polar surface area (TPSA) is 44.4 Å². The molecule has 1 aromatic rings. The van der Waals surface area contributed by atoms with Gasteiger partial charge in [0.15, 0.2) is 0 Å². The van der Waals surface area contributed by atoms with Crippen LogP contribution in [-0.4, -0.2) is 36.0 Å². The molecule has 4 nitrogen and oxygen atoms in total. The molecule has 0 spiro atoms. The number of likely N-dealkylation sites (tertiary alicyclic amines) is 1. The van der Waals surface area contributed by atoms with Crippen LogP contribution in [0.5, 0.6) is 0 Å². The molecule has 3 rings (SSSR count). The highest BCUT2D eigenvalue weighted by Gasteiger charge is 2.34. The third kappa shape index (κ3) is 3.76. The minimum Gasteiger partial charge on any atom is -0.381 e. The number of carbonyl (C=O) groups excluding carboxylic acids is 1. The zero-order valence-corrected chi connectivity index (χ0v) is 12.9. The van der Waals surface area contributed by atoms with Crippen LogP contribution in [0.4, 0.5) is 11.4 Å². The van der Waals surface area contributed by atoms with E-state index in [4.69, 9.17) is 0 Å².